The van der Waals surface area contributed by atoms with Gasteiger partial charge in [-0.2, -0.15) is 0 Å². The van der Waals surface area contributed by atoms with Crippen LogP contribution < -0.4 is 0 Å². The monoisotopic (exact) mass is 1350 g/mol. The fraction of sp³-hybridized carbons (Fsp3) is 0.314. The van der Waals surface area contributed by atoms with E-state index in [4.69, 9.17) is 0 Å². The van der Waals surface area contributed by atoms with E-state index in [1.807, 2.05) is 0 Å². The molecule has 17 aromatic carbocycles. The van der Waals surface area contributed by atoms with Crippen molar-refractivity contribution >= 4 is 140 Å². The molecular weight excluding hydrogens is 1230 g/mol. The van der Waals surface area contributed by atoms with Crippen LogP contribution in [0.1, 0.15) is 166 Å². The number of rotatable bonds is 0. The molecule has 0 saturated heterocycles. The quantitative estimate of drug-likeness (QED) is 0.105. The SMILES string of the molecule is CC(C)C.CC(C)C.CC(C)C.CC(C)C.CC(C)C.CC(C)C.CC(C)C.CC(C)C.c1cc2ccc3cccc4ccc(c1)c2c34.c1cc2ccc3cccc4ccc(c1)c2c34.c1cc2cccc3c4cccc5cccc(c(c1)c23)c54.c1ccc2c(c1)ccc1c3ccccc3ccc21. The van der Waals surface area contributed by atoms with Gasteiger partial charge >= 0.3 is 0 Å². The van der Waals surface area contributed by atoms with Crippen molar-refractivity contribution in [3.8, 4) is 0 Å². The average molecular weight is 1350 g/mol. The summed E-state index contributed by atoms with van der Waals surface area (Å²) in [5.74, 6) is 6.67. The summed E-state index contributed by atoms with van der Waals surface area (Å²) < 4.78 is 0. The zero-order chi connectivity index (χ0) is 74.7. The van der Waals surface area contributed by atoms with Crippen LogP contribution in [0.2, 0.25) is 0 Å². The lowest BCUT2D eigenvalue weighted by atomic mass is 9.90. The van der Waals surface area contributed by atoms with Gasteiger partial charge in [0.25, 0.3) is 0 Å². The van der Waals surface area contributed by atoms with E-state index in [2.05, 4.69) is 433 Å². The molecule has 0 heteroatoms. The summed E-state index contributed by atoms with van der Waals surface area (Å²) in [5, 5.41) is 35.1. The van der Waals surface area contributed by atoms with Crippen molar-refractivity contribution in [2.75, 3.05) is 0 Å². The predicted octanol–water partition coefficient (Wildman–Crippen LogP) is 33.3. The minimum absolute atomic E-state index is 0.833. The third-order valence-corrected chi connectivity index (χ3v) is 14.8. The van der Waals surface area contributed by atoms with E-state index in [0.29, 0.717) is 0 Å². The number of hydrogen-bond acceptors (Lipinski definition) is 0. The first-order valence-electron chi connectivity index (χ1n) is 38.2. The summed E-state index contributed by atoms with van der Waals surface area (Å²) >= 11 is 0. The van der Waals surface area contributed by atoms with Crippen LogP contribution >= 0.6 is 0 Å². The Bertz CT molecular complexity index is 4480. The fourth-order valence-corrected chi connectivity index (χ4v) is 11.7. The second kappa shape index (κ2) is 40.5. The van der Waals surface area contributed by atoms with E-state index in [1.165, 1.54) is 140 Å². The molecule has 0 aliphatic carbocycles. The summed E-state index contributed by atoms with van der Waals surface area (Å²) in [5.41, 5.74) is 0. The van der Waals surface area contributed by atoms with Gasteiger partial charge < -0.3 is 0 Å². The Morgan fingerprint density at radius 3 is 0.422 bits per heavy atom. The van der Waals surface area contributed by atoms with Crippen molar-refractivity contribution in [1.29, 1.82) is 0 Å². The highest BCUT2D eigenvalue weighted by Crippen LogP contribution is 2.41. The molecule has 17 rings (SSSR count). The van der Waals surface area contributed by atoms with Gasteiger partial charge in [-0.05, 0) is 187 Å². The van der Waals surface area contributed by atoms with E-state index in [9.17, 15) is 0 Å². The molecule has 0 nitrogen and oxygen atoms in total. The van der Waals surface area contributed by atoms with Crippen molar-refractivity contribution in [2.45, 2.75) is 166 Å². The molecule has 0 aromatic heterocycles. The van der Waals surface area contributed by atoms with Crippen LogP contribution in [0.3, 0.4) is 0 Å². The third kappa shape index (κ3) is 24.0. The van der Waals surface area contributed by atoms with Crippen LogP contribution in [0.4, 0.5) is 0 Å². The smallest absolute Gasteiger partial charge is 0.00264 e. The summed E-state index contributed by atoms with van der Waals surface area (Å²) in [6.45, 7) is 52.0. The number of benzene rings is 17. The van der Waals surface area contributed by atoms with Crippen LogP contribution in [-0.4, -0.2) is 0 Å². The normalized spacial score (nSPS) is 10.9. The average Bonchev–Trinajstić information content (AvgIpc) is 0.746. The Morgan fingerprint density at radius 2 is 0.235 bits per heavy atom. The summed E-state index contributed by atoms with van der Waals surface area (Å²) in [7, 11) is 0. The van der Waals surface area contributed by atoms with Crippen LogP contribution in [-0.2, 0) is 0 Å². The predicted molar refractivity (Wildman–Crippen MR) is 471 cm³/mol. The van der Waals surface area contributed by atoms with Crippen molar-refractivity contribution in [3.63, 3.8) is 0 Å². The lowest BCUT2D eigenvalue weighted by Crippen LogP contribution is -1.85. The lowest BCUT2D eigenvalue weighted by molar-refractivity contribution is 0.736. The number of fused-ring (bicyclic) bond motifs is 7. The van der Waals surface area contributed by atoms with E-state index in [1.54, 1.807) is 0 Å². The third-order valence-electron chi connectivity index (χ3n) is 14.8. The molecule has 0 radical (unpaired) electrons. The molecular formula is C102H124. The van der Waals surface area contributed by atoms with Gasteiger partial charge in [0, 0.05) is 0 Å². The molecule has 0 saturated carbocycles. The zero-order valence-electron chi connectivity index (χ0n) is 67.0. The van der Waals surface area contributed by atoms with Crippen molar-refractivity contribution in [1.82, 2.24) is 0 Å². The topological polar surface area (TPSA) is 0 Å². The molecule has 0 amide bonds. The van der Waals surface area contributed by atoms with E-state index >= 15 is 0 Å². The maximum Gasteiger partial charge on any atom is -0.00264 e. The minimum Gasteiger partial charge on any atom is -0.0630 e. The van der Waals surface area contributed by atoms with Gasteiger partial charge in [0.1, 0.15) is 0 Å². The van der Waals surface area contributed by atoms with Crippen molar-refractivity contribution in [3.05, 3.63) is 267 Å². The largest absolute Gasteiger partial charge is 0.0630 e. The highest BCUT2D eigenvalue weighted by Gasteiger charge is 2.13. The highest BCUT2D eigenvalue weighted by atomic mass is 14.2. The molecule has 17 aromatic rings. The van der Waals surface area contributed by atoms with Gasteiger partial charge in [-0.15, -0.1) is 0 Å². The minimum atomic E-state index is 0.833. The van der Waals surface area contributed by atoms with Crippen LogP contribution in [0.25, 0.3) is 140 Å². The molecule has 0 aliphatic heterocycles. The van der Waals surface area contributed by atoms with Gasteiger partial charge in [-0.3, -0.25) is 0 Å². The van der Waals surface area contributed by atoms with Crippen LogP contribution in [0.5, 0.6) is 0 Å². The molecule has 102 heavy (non-hydrogen) atoms. The summed E-state index contributed by atoms with van der Waals surface area (Å²) in [4.78, 5) is 0. The molecule has 0 N–H and O–H groups in total. The van der Waals surface area contributed by atoms with Gasteiger partial charge in [0.05, 0.1) is 0 Å². The molecule has 0 heterocycles. The zero-order valence-corrected chi connectivity index (χ0v) is 67.0. The molecule has 0 atom stereocenters. The molecule has 0 fully saturated rings. The lowest BCUT2D eigenvalue weighted by Gasteiger charge is -2.13. The Hall–Kier alpha value is -9.10. The van der Waals surface area contributed by atoms with E-state index < -0.39 is 0 Å². The molecule has 0 spiro atoms. The van der Waals surface area contributed by atoms with Crippen molar-refractivity contribution < 1.29 is 0 Å². The molecule has 532 valence electrons. The first-order valence-corrected chi connectivity index (χ1v) is 38.2. The van der Waals surface area contributed by atoms with E-state index in [-0.39, 0.29) is 0 Å². The highest BCUT2D eigenvalue weighted by molar-refractivity contribution is 6.33. The maximum atomic E-state index is 2.25. The molecule has 0 bridgehead atoms. The molecule has 0 unspecified atom stereocenters. The van der Waals surface area contributed by atoms with Crippen LogP contribution in [0.15, 0.2) is 267 Å². The first-order chi connectivity index (χ1) is 48.6. The van der Waals surface area contributed by atoms with E-state index in [0.717, 1.165) is 47.3 Å². The Kier molecular flexibility index (Phi) is 32.5. The Balaban J connectivity index is 0.000000188. The standard InChI is InChI=1S/C20H12.C18H12.2C16H10.8C4H10/c1-5-13-6-2-11-17-18-12-4-8-14-7-3-10-16(20(14)18)15(9-1)19(13)17;1-3-7-15-13(5-1)9-11-18-16-8-4-2-6-14(16)10-12-17(15)18;2*1-3-11-7-9-13-5-2-6-14-10-8-12(4-1)15(11)16(13)14;8*1-4(2)3/h1-12H;1-12H;2*1-10H;8*4H,1-3H3. The summed E-state index contributed by atoms with van der Waals surface area (Å²) in [6.07, 6.45) is 0. The Morgan fingerprint density at radius 1 is 0.108 bits per heavy atom. The maximum absolute atomic E-state index is 2.25. The van der Waals surface area contributed by atoms with Gasteiger partial charge in [0.15, 0.2) is 0 Å². The Labute approximate surface area is 616 Å². The first kappa shape index (κ1) is 81.9. The fourth-order valence-electron chi connectivity index (χ4n) is 11.7. The van der Waals surface area contributed by atoms with Crippen LogP contribution in [0, 0.1) is 47.3 Å². The summed E-state index contributed by atoms with van der Waals surface area (Å²) in [6, 6.07) is 96.2. The molecule has 0 aliphatic rings. The van der Waals surface area contributed by atoms with Gasteiger partial charge in [-0.1, -0.05) is 433 Å². The van der Waals surface area contributed by atoms with Gasteiger partial charge in [-0.25, -0.2) is 0 Å². The van der Waals surface area contributed by atoms with Gasteiger partial charge in [0.2, 0.25) is 0 Å². The number of hydrogen-bond donors (Lipinski definition) is 0. The second-order valence-corrected chi connectivity index (χ2v) is 32.5. The second-order valence-electron chi connectivity index (χ2n) is 32.5. The van der Waals surface area contributed by atoms with Crippen molar-refractivity contribution in [2.24, 2.45) is 47.3 Å².